The minimum Gasteiger partial charge on any atom is -0.208 e. The highest BCUT2D eigenvalue weighted by Crippen LogP contribution is 2.34. The SMILES string of the molecule is CCC1CC1NS(=O)(=O)c1ccc(C#N)c(C)c1. The Hall–Kier alpha value is -1.38. The van der Waals surface area contributed by atoms with Crippen LogP contribution in [0.1, 0.15) is 30.9 Å². The molecule has 2 atom stereocenters. The number of hydrogen-bond acceptors (Lipinski definition) is 3. The van der Waals surface area contributed by atoms with Gasteiger partial charge in [0.25, 0.3) is 0 Å². The summed E-state index contributed by atoms with van der Waals surface area (Å²) in [6.07, 6.45) is 1.92. The average molecular weight is 264 g/mol. The summed E-state index contributed by atoms with van der Waals surface area (Å²) in [6.45, 7) is 3.80. The van der Waals surface area contributed by atoms with Crippen LogP contribution in [-0.2, 0) is 10.0 Å². The van der Waals surface area contributed by atoms with E-state index in [1.54, 1.807) is 19.1 Å². The van der Waals surface area contributed by atoms with Crippen molar-refractivity contribution in [3.8, 4) is 6.07 Å². The second-order valence-electron chi connectivity index (χ2n) is 4.72. The van der Waals surface area contributed by atoms with Crippen LogP contribution >= 0.6 is 0 Å². The molecule has 96 valence electrons. The van der Waals surface area contributed by atoms with Crippen LogP contribution in [0, 0.1) is 24.2 Å². The molecule has 1 saturated carbocycles. The largest absolute Gasteiger partial charge is 0.240 e. The van der Waals surface area contributed by atoms with E-state index in [0.717, 1.165) is 12.8 Å². The molecule has 18 heavy (non-hydrogen) atoms. The summed E-state index contributed by atoms with van der Waals surface area (Å²) in [5, 5.41) is 8.82. The Kier molecular flexibility index (Phi) is 3.42. The Morgan fingerprint density at radius 3 is 2.72 bits per heavy atom. The normalized spacial score (nSPS) is 22.5. The smallest absolute Gasteiger partial charge is 0.208 e. The second kappa shape index (κ2) is 4.71. The van der Waals surface area contributed by atoms with Crippen molar-refractivity contribution in [3.05, 3.63) is 29.3 Å². The van der Waals surface area contributed by atoms with Gasteiger partial charge < -0.3 is 0 Å². The minimum absolute atomic E-state index is 0.0796. The summed E-state index contributed by atoms with van der Waals surface area (Å²) in [4.78, 5) is 0.237. The molecule has 0 bridgehead atoms. The molecule has 5 heteroatoms. The van der Waals surface area contributed by atoms with Crippen molar-refractivity contribution in [3.63, 3.8) is 0 Å². The highest BCUT2D eigenvalue weighted by molar-refractivity contribution is 7.89. The number of aryl methyl sites for hydroxylation is 1. The molecule has 0 aromatic heterocycles. The third kappa shape index (κ3) is 2.55. The summed E-state index contributed by atoms with van der Waals surface area (Å²) in [7, 11) is -3.45. The fourth-order valence-electron chi connectivity index (χ4n) is 2.04. The van der Waals surface area contributed by atoms with Crippen LogP contribution in [0.5, 0.6) is 0 Å². The summed E-state index contributed by atoms with van der Waals surface area (Å²) >= 11 is 0. The Labute approximate surface area is 108 Å². The lowest BCUT2D eigenvalue weighted by Crippen LogP contribution is -2.27. The predicted octanol–water partition coefficient (Wildman–Crippen LogP) is 1.94. The Bertz CT molecular complexity index is 602. The van der Waals surface area contributed by atoms with Crippen LogP contribution in [0.25, 0.3) is 0 Å². The molecule has 0 saturated heterocycles. The number of nitrogens with zero attached hydrogens (tertiary/aromatic N) is 1. The zero-order chi connectivity index (χ0) is 13.3. The maximum absolute atomic E-state index is 12.1. The van der Waals surface area contributed by atoms with Gasteiger partial charge in [0.1, 0.15) is 0 Å². The van der Waals surface area contributed by atoms with E-state index in [1.165, 1.54) is 6.07 Å². The van der Waals surface area contributed by atoms with Crippen LogP contribution in [0.2, 0.25) is 0 Å². The molecule has 4 nitrogen and oxygen atoms in total. The first-order valence-corrected chi connectivity index (χ1v) is 7.49. The molecular formula is C13H16N2O2S. The summed E-state index contributed by atoms with van der Waals surface area (Å²) in [5.74, 6) is 0.472. The van der Waals surface area contributed by atoms with Gasteiger partial charge in [-0.1, -0.05) is 13.3 Å². The van der Waals surface area contributed by atoms with Gasteiger partial charge in [0.15, 0.2) is 0 Å². The van der Waals surface area contributed by atoms with Crippen molar-refractivity contribution in [2.75, 3.05) is 0 Å². The van der Waals surface area contributed by atoms with Crippen LogP contribution in [0.4, 0.5) is 0 Å². The lowest BCUT2D eigenvalue weighted by Gasteiger charge is -2.07. The van der Waals surface area contributed by atoms with E-state index >= 15 is 0 Å². The summed E-state index contributed by atoms with van der Waals surface area (Å²) < 4.78 is 26.9. The molecule has 0 heterocycles. The highest BCUT2D eigenvalue weighted by Gasteiger charge is 2.38. The van der Waals surface area contributed by atoms with E-state index in [0.29, 0.717) is 17.0 Å². The molecule has 0 amide bonds. The lowest BCUT2D eigenvalue weighted by atomic mass is 10.1. The molecule has 0 radical (unpaired) electrons. The molecular weight excluding hydrogens is 248 g/mol. The van der Waals surface area contributed by atoms with E-state index in [4.69, 9.17) is 5.26 Å². The Morgan fingerprint density at radius 1 is 1.50 bits per heavy atom. The predicted molar refractivity (Wildman–Crippen MR) is 68.4 cm³/mol. The number of sulfonamides is 1. The van der Waals surface area contributed by atoms with Crippen LogP contribution in [0.3, 0.4) is 0 Å². The lowest BCUT2D eigenvalue weighted by molar-refractivity contribution is 0.576. The van der Waals surface area contributed by atoms with Crippen molar-refractivity contribution in [2.45, 2.75) is 37.6 Å². The van der Waals surface area contributed by atoms with Crippen LogP contribution in [0.15, 0.2) is 23.1 Å². The summed E-state index contributed by atoms with van der Waals surface area (Å²) in [5.41, 5.74) is 1.19. The van der Waals surface area contributed by atoms with Crippen molar-refractivity contribution in [1.82, 2.24) is 4.72 Å². The quantitative estimate of drug-likeness (QED) is 0.903. The molecule has 1 aliphatic rings. The highest BCUT2D eigenvalue weighted by atomic mass is 32.2. The van der Waals surface area contributed by atoms with Gasteiger partial charge in [-0.3, -0.25) is 0 Å². The number of benzene rings is 1. The van der Waals surface area contributed by atoms with Crippen molar-refractivity contribution >= 4 is 10.0 Å². The standard InChI is InChI=1S/C13H16N2O2S/c1-3-10-7-13(10)15-18(16,17)12-5-4-11(8-14)9(2)6-12/h4-6,10,13,15H,3,7H2,1-2H3. The molecule has 2 unspecified atom stereocenters. The fourth-order valence-corrected chi connectivity index (χ4v) is 3.44. The topological polar surface area (TPSA) is 70.0 Å². The number of nitriles is 1. The Morgan fingerprint density at radius 2 is 2.22 bits per heavy atom. The first kappa shape index (κ1) is 13.1. The molecule has 1 N–H and O–H groups in total. The number of hydrogen-bond donors (Lipinski definition) is 1. The van der Waals surface area contributed by atoms with Gasteiger partial charge in [0, 0.05) is 6.04 Å². The number of nitrogens with one attached hydrogen (secondary N) is 1. The molecule has 1 aromatic carbocycles. The van der Waals surface area contributed by atoms with E-state index in [1.807, 2.05) is 6.07 Å². The van der Waals surface area contributed by atoms with E-state index in [-0.39, 0.29) is 10.9 Å². The molecule has 2 rings (SSSR count). The molecule has 1 aromatic rings. The Balaban J connectivity index is 2.20. The zero-order valence-corrected chi connectivity index (χ0v) is 11.3. The second-order valence-corrected chi connectivity index (χ2v) is 6.43. The van der Waals surface area contributed by atoms with E-state index in [9.17, 15) is 8.42 Å². The monoisotopic (exact) mass is 264 g/mol. The van der Waals surface area contributed by atoms with Gasteiger partial charge in [-0.2, -0.15) is 5.26 Å². The molecule has 1 fully saturated rings. The first-order valence-electron chi connectivity index (χ1n) is 6.01. The molecule has 0 aliphatic heterocycles. The maximum Gasteiger partial charge on any atom is 0.240 e. The molecule has 1 aliphatic carbocycles. The van der Waals surface area contributed by atoms with Gasteiger partial charge >= 0.3 is 0 Å². The van der Waals surface area contributed by atoms with Gasteiger partial charge in [-0.05, 0) is 43.0 Å². The van der Waals surface area contributed by atoms with Gasteiger partial charge in [-0.15, -0.1) is 0 Å². The van der Waals surface area contributed by atoms with Crippen LogP contribution < -0.4 is 4.72 Å². The van der Waals surface area contributed by atoms with E-state index < -0.39 is 10.0 Å². The van der Waals surface area contributed by atoms with Gasteiger partial charge in [0.05, 0.1) is 16.5 Å². The average Bonchev–Trinajstić information content (AvgIpc) is 3.06. The minimum atomic E-state index is -3.45. The third-order valence-corrected chi connectivity index (χ3v) is 4.87. The fraction of sp³-hybridized carbons (Fsp3) is 0.462. The van der Waals surface area contributed by atoms with E-state index in [2.05, 4.69) is 11.6 Å². The number of rotatable bonds is 4. The third-order valence-electron chi connectivity index (χ3n) is 3.38. The van der Waals surface area contributed by atoms with Crippen molar-refractivity contribution in [1.29, 1.82) is 5.26 Å². The van der Waals surface area contributed by atoms with Gasteiger partial charge in [0.2, 0.25) is 10.0 Å². The van der Waals surface area contributed by atoms with Crippen molar-refractivity contribution < 1.29 is 8.42 Å². The first-order chi connectivity index (χ1) is 8.47. The summed E-state index contributed by atoms with van der Waals surface area (Å²) in [6, 6.07) is 6.69. The van der Waals surface area contributed by atoms with Crippen LogP contribution in [-0.4, -0.2) is 14.5 Å². The zero-order valence-electron chi connectivity index (χ0n) is 10.5. The van der Waals surface area contributed by atoms with Gasteiger partial charge in [-0.25, -0.2) is 13.1 Å². The molecule has 0 spiro atoms. The maximum atomic E-state index is 12.1. The van der Waals surface area contributed by atoms with Crippen molar-refractivity contribution in [2.24, 2.45) is 5.92 Å².